The molecule has 0 bridgehead atoms. The lowest BCUT2D eigenvalue weighted by molar-refractivity contribution is 0.0909. The number of nitrogens with one attached hydrogen (secondary N) is 1. The minimum absolute atomic E-state index is 0. The van der Waals surface area contributed by atoms with Crippen LogP contribution in [0.25, 0.3) is 11.0 Å². The van der Waals surface area contributed by atoms with Crippen LogP contribution in [0, 0.1) is 0 Å². The summed E-state index contributed by atoms with van der Waals surface area (Å²) >= 11 is 0. The Morgan fingerprint density at radius 2 is 1.82 bits per heavy atom. The van der Waals surface area contributed by atoms with Crippen LogP contribution in [0.15, 0.2) is 57.7 Å². The van der Waals surface area contributed by atoms with Gasteiger partial charge in [-0.1, -0.05) is 18.2 Å². The van der Waals surface area contributed by atoms with E-state index in [0.29, 0.717) is 12.2 Å². The Balaban J connectivity index is 0.00000274. The molecule has 5 rings (SSSR count). The van der Waals surface area contributed by atoms with Gasteiger partial charge in [0, 0.05) is 48.3 Å². The number of hydrogen-bond donors (Lipinski definition) is 1. The number of nitrogens with zero attached hydrogens (tertiary/aromatic N) is 1. The van der Waals surface area contributed by atoms with E-state index in [1.807, 2.05) is 48.5 Å². The summed E-state index contributed by atoms with van der Waals surface area (Å²) in [7, 11) is 0. The van der Waals surface area contributed by atoms with E-state index in [4.69, 9.17) is 9.15 Å². The van der Waals surface area contributed by atoms with Gasteiger partial charge < -0.3 is 19.4 Å². The van der Waals surface area contributed by atoms with Gasteiger partial charge in [0.25, 0.3) is 5.91 Å². The average Bonchev–Trinajstić information content (AvgIpc) is 3.34. The van der Waals surface area contributed by atoms with E-state index in [0.717, 1.165) is 86.0 Å². The first-order valence-corrected chi connectivity index (χ1v) is 12.0. The monoisotopic (exact) mass is 482 g/mol. The van der Waals surface area contributed by atoms with Crippen molar-refractivity contribution in [1.82, 2.24) is 10.2 Å². The van der Waals surface area contributed by atoms with Crippen molar-refractivity contribution in [3.63, 3.8) is 0 Å². The first kappa shape index (κ1) is 24.3. The van der Waals surface area contributed by atoms with Crippen molar-refractivity contribution in [2.45, 2.75) is 44.6 Å². The third kappa shape index (κ3) is 5.45. The highest BCUT2D eigenvalue weighted by molar-refractivity contribution is 5.94. The van der Waals surface area contributed by atoms with E-state index in [2.05, 4.69) is 10.2 Å². The van der Waals surface area contributed by atoms with E-state index in [9.17, 15) is 9.59 Å². The number of aryl methyl sites for hydroxylation is 1. The molecule has 0 saturated carbocycles. The molecule has 0 spiro atoms. The molecule has 1 saturated heterocycles. The van der Waals surface area contributed by atoms with E-state index in [1.54, 1.807) is 0 Å². The van der Waals surface area contributed by atoms with Gasteiger partial charge in [0.05, 0.1) is 6.61 Å². The number of halogens is 1. The smallest absolute Gasteiger partial charge is 0.339 e. The molecule has 2 aliphatic rings. The van der Waals surface area contributed by atoms with Gasteiger partial charge in [-0.3, -0.25) is 4.79 Å². The van der Waals surface area contributed by atoms with Crippen molar-refractivity contribution in [2.75, 3.05) is 26.2 Å². The Labute approximate surface area is 205 Å². The summed E-state index contributed by atoms with van der Waals surface area (Å²) in [6, 6.07) is 15.5. The van der Waals surface area contributed by atoms with Gasteiger partial charge in [0.15, 0.2) is 0 Å². The summed E-state index contributed by atoms with van der Waals surface area (Å²) in [5.74, 6) is 0.754. The normalized spacial score (nSPS) is 16.1. The fraction of sp³-hybridized carbons (Fsp3) is 0.407. The van der Waals surface area contributed by atoms with Crippen LogP contribution in [0.3, 0.4) is 0 Å². The number of carbonyl (C=O) groups is 1. The molecule has 3 aromatic rings. The molecular formula is C27H31ClN2O4. The molecule has 1 aliphatic carbocycles. The fourth-order valence-corrected chi connectivity index (χ4v) is 4.99. The third-order valence-electron chi connectivity index (χ3n) is 6.79. The Morgan fingerprint density at radius 3 is 2.62 bits per heavy atom. The molecule has 2 aromatic carbocycles. The van der Waals surface area contributed by atoms with Gasteiger partial charge in [-0.25, -0.2) is 4.79 Å². The van der Waals surface area contributed by atoms with Crippen molar-refractivity contribution < 1.29 is 13.9 Å². The van der Waals surface area contributed by atoms with Gasteiger partial charge >= 0.3 is 5.63 Å². The molecule has 0 atom stereocenters. The van der Waals surface area contributed by atoms with E-state index in [1.165, 1.54) is 0 Å². The third-order valence-corrected chi connectivity index (χ3v) is 6.79. The highest BCUT2D eigenvalue weighted by Gasteiger charge is 2.21. The number of piperidine rings is 1. The van der Waals surface area contributed by atoms with Crippen molar-refractivity contribution in [2.24, 2.45) is 0 Å². The van der Waals surface area contributed by atoms with Crippen molar-refractivity contribution in [3.8, 4) is 5.75 Å². The molecule has 180 valence electrons. The Kier molecular flexibility index (Phi) is 7.91. The lowest BCUT2D eigenvalue weighted by Gasteiger charge is -2.32. The number of likely N-dealkylation sites (tertiary alicyclic amines) is 1. The summed E-state index contributed by atoms with van der Waals surface area (Å²) in [5.41, 5.74) is 3.14. The topological polar surface area (TPSA) is 71.8 Å². The second kappa shape index (κ2) is 11.1. The van der Waals surface area contributed by atoms with Crippen molar-refractivity contribution in [3.05, 3.63) is 75.6 Å². The Hall–Kier alpha value is -2.83. The minimum atomic E-state index is -0.199. The number of fused-ring (bicyclic) bond motifs is 3. The molecule has 1 fully saturated rings. The second-order valence-electron chi connectivity index (χ2n) is 9.02. The fourth-order valence-electron chi connectivity index (χ4n) is 4.99. The van der Waals surface area contributed by atoms with Gasteiger partial charge in [-0.15, -0.1) is 12.4 Å². The van der Waals surface area contributed by atoms with Gasteiger partial charge in [-0.2, -0.15) is 0 Å². The van der Waals surface area contributed by atoms with Crippen LogP contribution in [0.1, 0.15) is 47.2 Å². The number of rotatable bonds is 7. The molecule has 1 aromatic heterocycles. The van der Waals surface area contributed by atoms with Crippen LogP contribution in [-0.2, 0) is 12.8 Å². The highest BCUT2D eigenvalue weighted by atomic mass is 35.5. The molecule has 0 radical (unpaired) electrons. The predicted octanol–water partition coefficient (Wildman–Crippen LogP) is 4.37. The summed E-state index contributed by atoms with van der Waals surface area (Å²) in [4.78, 5) is 26.9. The molecule has 1 amide bonds. The lowest BCUT2D eigenvalue weighted by Crippen LogP contribution is -2.45. The van der Waals surface area contributed by atoms with Crippen LogP contribution in [0.5, 0.6) is 5.75 Å². The predicted molar refractivity (Wildman–Crippen MR) is 135 cm³/mol. The quantitative estimate of drug-likeness (QED) is 0.400. The van der Waals surface area contributed by atoms with Crippen LogP contribution >= 0.6 is 12.4 Å². The first-order valence-electron chi connectivity index (χ1n) is 12.0. The number of benzene rings is 2. The molecule has 34 heavy (non-hydrogen) atoms. The molecule has 1 N–H and O–H groups in total. The average molecular weight is 483 g/mol. The Bertz CT molecular complexity index is 1190. The highest BCUT2D eigenvalue weighted by Crippen LogP contribution is 2.29. The molecule has 0 unspecified atom stereocenters. The maximum atomic E-state index is 12.3. The maximum absolute atomic E-state index is 12.3. The zero-order chi connectivity index (χ0) is 22.6. The molecular weight excluding hydrogens is 452 g/mol. The number of ether oxygens (including phenoxy) is 1. The number of carbonyl (C=O) groups excluding carboxylic acids is 1. The van der Waals surface area contributed by atoms with Crippen molar-refractivity contribution in [1.29, 1.82) is 0 Å². The summed E-state index contributed by atoms with van der Waals surface area (Å²) < 4.78 is 11.5. The first-order chi connectivity index (χ1) is 16.2. The largest absolute Gasteiger partial charge is 0.493 e. The summed E-state index contributed by atoms with van der Waals surface area (Å²) in [5, 5.41) is 4.20. The van der Waals surface area contributed by atoms with Gasteiger partial charge in [0.1, 0.15) is 11.3 Å². The number of hydrogen-bond acceptors (Lipinski definition) is 5. The molecule has 2 heterocycles. The minimum Gasteiger partial charge on any atom is -0.493 e. The number of amides is 1. The summed E-state index contributed by atoms with van der Waals surface area (Å²) in [6.45, 7) is 3.54. The zero-order valence-electron chi connectivity index (χ0n) is 19.3. The SMILES string of the molecule is Cl.O=C(NC1CCN(CCCOc2ccc3c4c(c(=O)oc3c2)CCC4)CC1)c1ccccc1. The zero-order valence-corrected chi connectivity index (χ0v) is 20.1. The van der Waals surface area contributed by atoms with Crippen molar-refractivity contribution >= 4 is 29.3 Å². The molecule has 7 heteroatoms. The van der Waals surface area contributed by atoms with Crippen LogP contribution < -0.4 is 15.7 Å². The molecule has 1 aliphatic heterocycles. The van der Waals surface area contributed by atoms with E-state index >= 15 is 0 Å². The lowest BCUT2D eigenvalue weighted by atomic mass is 10.0. The summed E-state index contributed by atoms with van der Waals surface area (Å²) in [6.07, 6.45) is 5.65. The van der Waals surface area contributed by atoms with Gasteiger partial charge in [-0.05, 0) is 68.4 Å². The van der Waals surface area contributed by atoms with Crippen LogP contribution in [0.4, 0.5) is 0 Å². The second-order valence-corrected chi connectivity index (χ2v) is 9.02. The standard InChI is InChI=1S/C27H30N2O4.ClH/c30-26(19-6-2-1-3-7-19)28-20-12-15-29(16-13-20)14-5-17-32-21-10-11-23-22-8-4-9-24(22)27(31)33-25(23)18-21;/h1-3,6-7,10-11,18,20H,4-5,8-9,12-17H2,(H,28,30);1H. The van der Waals surface area contributed by atoms with Crippen LogP contribution in [-0.4, -0.2) is 43.1 Å². The Morgan fingerprint density at radius 1 is 1.06 bits per heavy atom. The van der Waals surface area contributed by atoms with Gasteiger partial charge in [0.2, 0.25) is 0 Å². The molecule has 6 nitrogen and oxygen atoms in total. The van der Waals surface area contributed by atoms with E-state index < -0.39 is 0 Å². The maximum Gasteiger partial charge on any atom is 0.339 e. The van der Waals surface area contributed by atoms with Crippen LogP contribution in [0.2, 0.25) is 0 Å². The van der Waals surface area contributed by atoms with E-state index in [-0.39, 0.29) is 30.0 Å².